The van der Waals surface area contributed by atoms with Gasteiger partial charge in [-0.15, -0.1) is 0 Å². The van der Waals surface area contributed by atoms with E-state index in [1.54, 1.807) is 0 Å². The van der Waals surface area contributed by atoms with Gasteiger partial charge >= 0.3 is 0 Å². The van der Waals surface area contributed by atoms with Crippen LogP contribution in [-0.4, -0.2) is 47.5 Å². The Kier molecular flexibility index (Phi) is 5.18. The average molecular weight is 423 g/mol. The number of benzene rings is 1. The number of halogens is 1. The minimum Gasteiger partial charge on any atom is -0.353 e. The van der Waals surface area contributed by atoms with Gasteiger partial charge in [0, 0.05) is 41.2 Å². The summed E-state index contributed by atoms with van der Waals surface area (Å²) < 4.78 is 1.06. The Morgan fingerprint density at radius 3 is 2.52 bits per heavy atom. The van der Waals surface area contributed by atoms with Crippen LogP contribution in [0.4, 0.5) is 0 Å². The maximum atomic E-state index is 13.1. The highest BCUT2D eigenvalue weighted by atomic mass is 79.9. The van der Waals surface area contributed by atoms with Crippen molar-refractivity contribution in [2.24, 2.45) is 0 Å². The third-order valence-electron chi connectivity index (χ3n) is 6.36. The number of hydrogen-bond acceptors (Lipinski definition) is 3. The number of carbonyl (C=O) groups excluding carboxylic acids is 1. The number of rotatable bonds is 5. The van der Waals surface area contributed by atoms with Gasteiger partial charge in [0.25, 0.3) is 0 Å². The van der Waals surface area contributed by atoms with Gasteiger partial charge in [-0.3, -0.25) is 9.69 Å². The highest BCUT2D eigenvalue weighted by molar-refractivity contribution is 9.10. The molecule has 1 aliphatic heterocycles. The van der Waals surface area contributed by atoms with Crippen LogP contribution >= 0.6 is 27.7 Å². The molecule has 0 radical (unpaired) electrons. The maximum absolute atomic E-state index is 13.1. The zero-order valence-electron chi connectivity index (χ0n) is 14.7. The van der Waals surface area contributed by atoms with Gasteiger partial charge in [0.1, 0.15) is 0 Å². The first-order valence-electron chi connectivity index (χ1n) is 9.52. The van der Waals surface area contributed by atoms with Crippen molar-refractivity contribution in [3.63, 3.8) is 0 Å². The molecule has 4 rings (SSSR count). The Balaban J connectivity index is 1.45. The summed E-state index contributed by atoms with van der Waals surface area (Å²) in [5.41, 5.74) is 1.10. The third-order valence-corrected chi connectivity index (χ3v) is 7.79. The summed E-state index contributed by atoms with van der Waals surface area (Å²) in [6.45, 7) is 3.18. The van der Waals surface area contributed by atoms with E-state index in [9.17, 15) is 4.79 Å². The molecule has 3 aliphatic rings. The van der Waals surface area contributed by atoms with Crippen LogP contribution in [0, 0.1) is 0 Å². The molecule has 3 fully saturated rings. The molecule has 0 atom stereocenters. The van der Waals surface area contributed by atoms with Crippen LogP contribution in [0.25, 0.3) is 0 Å². The first-order valence-corrected chi connectivity index (χ1v) is 11.5. The monoisotopic (exact) mass is 422 g/mol. The molecule has 1 N–H and O–H groups in total. The summed E-state index contributed by atoms with van der Waals surface area (Å²) in [6.07, 6.45) is 7.03. The fourth-order valence-corrected chi connectivity index (χ4v) is 5.95. The lowest BCUT2D eigenvalue weighted by Crippen LogP contribution is -2.57. The molecule has 25 heavy (non-hydrogen) atoms. The normalized spacial score (nSPS) is 24.8. The van der Waals surface area contributed by atoms with E-state index >= 15 is 0 Å². The van der Waals surface area contributed by atoms with Crippen molar-refractivity contribution in [1.82, 2.24) is 10.2 Å². The van der Waals surface area contributed by atoms with Gasteiger partial charge in [0.15, 0.2) is 0 Å². The molecular weight excluding hydrogens is 396 g/mol. The van der Waals surface area contributed by atoms with Crippen LogP contribution in [0.5, 0.6) is 0 Å². The number of nitrogens with one attached hydrogen (secondary N) is 1. The number of nitrogens with zero attached hydrogens (tertiary/aromatic N) is 1. The molecule has 1 saturated heterocycles. The molecule has 2 saturated carbocycles. The second-order valence-electron chi connectivity index (χ2n) is 7.81. The van der Waals surface area contributed by atoms with E-state index in [0.717, 1.165) is 29.4 Å². The van der Waals surface area contributed by atoms with E-state index in [4.69, 9.17) is 0 Å². The maximum Gasteiger partial charge on any atom is 0.230 e. The summed E-state index contributed by atoms with van der Waals surface area (Å²) in [7, 11) is 0. The average Bonchev–Trinajstić information content (AvgIpc) is 3.32. The number of hydrogen-bond donors (Lipinski definition) is 1. The van der Waals surface area contributed by atoms with Gasteiger partial charge in [0.2, 0.25) is 5.91 Å². The fraction of sp³-hybridized carbons (Fsp3) is 0.650. The molecule has 1 aromatic carbocycles. The summed E-state index contributed by atoms with van der Waals surface area (Å²) in [6, 6.07) is 8.28. The van der Waals surface area contributed by atoms with Crippen molar-refractivity contribution >= 4 is 33.6 Å². The van der Waals surface area contributed by atoms with E-state index in [2.05, 4.69) is 50.0 Å². The molecule has 5 heteroatoms. The molecular formula is C20H27BrN2OS. The fourth-order valence-electron chi connectivity index (χ4n) is 4.65. The van der Waals surface area contributed by atoms with E-state index in [-0.39, 0.29) is 16.9 Å². The Morgan fingerprint density at radius 2 is 1.88 bits per heavy atom. The summed E-state index contributed by atoms with van der Waals surface area (Å²) in [5.74, 6) is 2.71. The first-order chi connectivity index (χ1) is 12.1. The first kappa shape index (κ1) is 17.9. The lowest BCUT2D eigenvalue weighted by atomic mass is 9.92. The zero-order valence-corrected chi connectivity index (χ0v) is 17.1. The largest absolute Gasteiger partial charge is 0.353 e. The summed E-state index contributed by atoms with van der Waals surface area (Å²) in [4.78, 5) is 15.7. The smallest absolute Gasteiger partial charge is 0.230 e. The minimum absolute atomic E-state index is 0.212. The highest BCUT2D eigenvalue weighted by Gasteiger charge is 2.52. The SMILES string of the molecule is O=C(NCC1(N2CCSCC2)CCCC1)C1(c2cccc(Br)c2)CC1. The molecule has 0 unspecified atom stereocenters. The van der Waals surface area contributed by atoms with Gasteiger partial charge in [-0.25, -0.2) is 0 Å². The van der Waals surface area contributed by atoms with Crippen LogP contribution in [-0.2, 0) is 10.2 Å². The number of amides is 1. The molecule has 2 aliphatic carbocycles. The standard InChI is InChI=1S/C20H27BrN2OS/c21-17-5-3-4-16(14-17)20(8-9-20)18(24)22-15-19(6-1-2-7-19)23-10-12-25-13-11-23/h3-5,14H,1-2,6-13,15H2,(H,22,24). The molecule has 0 bridgehead atoms. The predicted molar refractivity (Wildman–Crippen MR) is 108 cm³/mol. The van der Waals surface area contributed by atoms with Crippen LogP contribution in [0.2, 0.25) is 0 Å². The van der Waals surface area contributed by atoms with E-state index in [1.165, 1.54) is 50.3 Å². The molecule has 0 aromatic heterocycles. The molecule has 1 heterocycles. The summed E-state index contributed by atoms with van der Waals surface area (Å²) >= 11 is 5.60. The Bertz CT molecular complexity index is 634. The third kappa shape index (κ3) is 3.52. The van der Waals surface area contributed by atoms with Crippen molar-refractivity contribution in [3.05, 3.63) is 34.3 Å². The summed E-state index contributed by atoms with van der Waals surface area (Å²) in [5, 5.41) is 3.38. The molecule has 3 nitrogen and oxygen atoms in total. The van der Waals surface area contributed by atoms with E-state index in [0.29, 0.717) is 0 Å². The van der Waals surface area contributed by atoms with Crippen molar-refractivity contribution in [2.75, 3.05) is 31.1 Å². The molecule has 136 valence electrons. The van der Waals surface area contributed by atoms with Crippen molar-refractivity contribution < 1.29 is 4.79 Å². The second kappa shape index (κ2) is 7.24. The Morgan fingerprint density at radius 1 is 1.16 bits per heavy atom. The lowest BCUT2D eigenvalue weighted by Gasteiger charge is -2.43. The topological polar surface area (TPSA) is 32.3 Å². The molecule has 1 aromatic rings. The Hall–Kier alpha value is -0.520. The van der Waals surface area contributed by atoms with Crippen LogP contribution in [0.1, 0.15) is 44.1 Å². The highest BCUT2D eigenvalue weighted by Crippen LogP contribution is 2.49. The lowest BCUT2D eigenvalue weighted by molar-refractivity contribution is -0.124. The van der Waals surface area contributed by atoms with Gasteiger partial charge in [-0.2, -0.15) is 11.8 Å². The van der Waals surface area contributed by atoms with Crippen LogP contribution < -0.4 is 5.32 Å². The van der Waals surface area contributed by atoms with Crippen molar-refractivity contribution in [2.45, 2.75) is 49.5 Å². The van der Waals surface area contributed by atoms with E-state index < -0.39 is 0 Å². The molecule has 0 spiro atoms. The van der Waals surface area contributed by atoms with Gasteiger partial charge in [0.05, 0.1) is 5.41 Å². The number of carbonyl (C=O) groups is 1. The van der Waals surface area contributed by atoms with Crippen LogP contribution in [0.15, 0.2) is 28.7 Å². The van der Waals surface area contributed by atoms with Gasteiger partial charge in [-0.05, 0) is 43.4 Å². The Labute approximate surface area is 163 Å². The number of thioether (sulfide) groups is 1. The second-order valence-corrected chi connectivity index (χ2v) is 9.95. The van der Waals surface area contributed by atoms with Crippen LogP contribution in [0.3, 0.4) is 0 Å². The quantitative estimate of drug-likeness (QED) is 0.778. The van der Waals surface area contributed by atoms with Gasteiger partial charge in [-0.1, -0.05) is 40.9 Å². The van der Waals surface area contributed by atoms with E-state index in [1.807, 2.05) is 12.1 Å². The zero-order chi connectivity index (χ0) is 17.3. The predicted octanol–water partition coefficient (Wildman–Crippen LogP) is 3.96. The van der Waals surface area contributed by atoms with Gasteiger partial charge < -0.3 is 5.32 Å². The molecule has 1 amide bonds. The minimum atomic E-state index is -0.276. The van der Waals surface area contributed by atoms with Crippen molar-refractivity contribution in [1.29, 1.82) is 0 Å². The van der Waals surface area contributed by atoms with Crippen molar-refractivity contribution in [3.8, 4) is 0 Å².